The van der Waals surface area contributed by atoms with E-state index in [9.17, 15) is 9.59 Å². The summed E-state index contributed by atoms with van der Waals surface area (Å²) in [6.07, 6.45) is 0.462. The van der Waals surface area contributed by atoms with E-state index in [1.165, 1.54) is 21.0 Å². The number of hydrogen-bond donors (Lipinski definition) is 1. The molecule has 1 N–H and O–H groups in total. The number of thiophene rings is 1. The van der Waals surface area contributed by atoms with Gasteiger partial charge in [-0.2, -0.15) is 16.1 Å². The topological polar surface area (TPSA) is 101 Å². The van der Waals surface area contributed by atoms with Crippen LogP contribution in [-0.2, 0) is 16.1 Å². The van der Waals surface area contributed by atoms with Crippen LogP contribution in [0.1, 0.15) is 12.8 Å². The lowest BCUT2D eigenvalue weighted by molar-refractivity contribution is -0.138. The molecule has 1 amide bonds. The SMILES string of the molecule is CN(CCCC(=O)O)C(=O)Cn1nnc(-c2ccsc2)n1. The van der Waals surface area contributed by atoms with Gasteiger partial charge in [0.15, 0.2) is 0 Å². The summed E-state index contributed by atoms with van der Waals surface area (Å²) in [6, 6.07) is 1.88. The Morgan fingerprint density at radius 2 is 2.29 bits per heavy atom. The van der Waals surface area contributed by atoms with E-state index in [-0.39, 0.29) is 18.9 Å². The molecule has 0 atom stereocenters. The number of carbonyl (C=O) groups is 2. The lowest BCUT2D eigenvalue weighted by atomic mass is 10.3. The molecule has 8 nitrogen and oxygen atoms in total. The molecule has 21 heavy (non-hydrogen) atoms. The third-order valence-corrected chi connectivity index (χ3v) is 3.50. The Morgan fingerprint density at radius 3 is 2.95 bits per heavy atom. The summed E-state index contributed by atoms with van der Waals surface area (Å²) >= 11 is 1.53. The molecule has 0 saturated carbocycles. The van der Waals surface area contributed by atoms with Crippen LogP contribution < -0.4 is 0 Å². The van der Waals surface area contributed by atoms with E-state index in [4.69, 9.17) is 5.11 Å². The maximum absolute atomic E-state index is 11.9. The smallest absolute Gasteiger partial charge is 0.303 e. The van der Waals surface area contributed by atoms with Crippen LogP contribution in [0.4, 0.5) is 0 Å². The molecule has 0 saturated heterocycles. The number of amides is 1. The van der Waals surface area contributed by atoms with E-state index >= 15 is 0 Å². The Hall–Kier alpha value is -2.29. The van der Waals surface area contributed by atoms with Gasteiger partial charge in [0.05, 0.1) is 0 Å². The van der Waals surface area contributed by atoms with Crippen molar-refractivity contribution in [2.75, 3.05) is 13.6 Å². The number of rotatable bonds is 7. The van der Waals surface area contributed by atoms with Gasteiger partial charge in [-0.3, -0.25) is 9.59 Å². The maximum Gasteiger partial charge on any atom is 0.303 e. The molecule has 0 bridgehead atoms. The number of aliphatic carboxylic acids is 1. The van der Waals surface area contributed by atoms with Gasteiger partial charge in [-0.05, 0) is 23.1 Å². The highest BCUT2D eigenvalue weighted by molar-refractivity contribution is 7.08. The fourth-order valence-corrected chi connectivity index (χ4v) is 2.29. The number of tetrazole rings is 1. The normalized spacial score (nSPS) is 10.5. The molecule has 0 radical (unpaired) electrons. The van der Waals surface area contributed by atoms with Gasteiger partial charge in [0, 0.05) is 31.0 Å². The monoisotopic (exact) mass is 309 g/mol. The minimum atomic E-state index is -0.866. The van der Waals surface area contributed by atoms with Gasteiger partial charge in [0.25, 0.3) is 0 Å². The number of aromatic nitrogens is 4. The van der Waals surface area contributed by atoms with Crippen molar-refractivity contribution in [2.24, 2.45) is 0 Å². The van der Waals surface area contributed by atoms with Crippen LogP contribution in [0.3, 0.4) is 0 Å². The van der Waals surface area contributed by atoms with E-state index in [2.05, 4.69) is 15.4 Å². The predicted octanol–water partition coefficient (Wildman–Crippen LogP) is 0.725. The first-order valence-corrected chi connectivity index (χ1v) is 7.26. The summed E-state index contributed by atoms with van der Waals surface area (Å²) in [5.41, 5.74) is 0.869. The predicted molar refractivity (Wildman–Crippen MR) is 75.6 cm³/mol. The molecule has 0 unspecified atom stereocenters. The minimum absolute atomic E-state index is 0.0132. The van der Waals surface area contributed by atoms with Gasteiger partial charge in [0.1, 0.15) is 6.54 Å². The number of carboxylic acids is 1. The fraction of sp³-hybridized carbons (Fsp3) is 0.417. The Balaban J connectivity index is 1.86. The second-order valence-corrected chi connectivity index (χ2v) is 5.25. The molecule has 9 heteroatoms. The summed E-state index contributed by atoms with van der Waals surface area (Å²) in [4.78, 5) is 25.1. The highest BCUT2D eigenvalue weighted by Crippen LogP contribution is 2.16. The third-order valence-electron chi connectivity index (χ3n) is 2.82. The van der Waals surface area contributed by atoms with Crippen molar-refractivity contribution in [2.45, 2.75) is 19.4 Å². The van der Waals surface area contributed by atoms with E-state index in [1.54, 1.807) is 7.05 Å². The fourth-order valence-electron chi connectivity index (χ4n) is 1.65. The highest BCUT2D eigenvalue weighted by atomic mass is 32.1. The molecule has 2 heterocycles. The summed E-state index contributed by atoms with van der Waals surface area (Å²) < 4.78 is 0. The van der Waals surface area contributed by atoms with Crippen LogP contribution in [0.5, 0.6) is 0 Å². The first kappa shape index (κ1) is 15.1. The zero-order chi connectivity index (χ0) is 15.2. The Kier molecular flexibility index (Phi) is 4.99. The summed E-state index contributed by atoms with van der Waals surface area (Å²) in [5.74, 6) is -0.568. The van der Waals surface area contributed by atoms with Crippen molar-refractivity contribution in [1.82, 2.24) is 25.1 Å². The molecule has 0 aliphatic heterocycles. The Bertz CT molecular complexity index is 610. The molecule has 0 aromatic carbocycles. The highest BCUT2D eigenvalue weighted by Gasteiger charge is 2.13. The molecule has 2 rings (SSSR count). The molecule has 0 fully saturated rings. The quantitative estimate of drug-likeness (QED) is 0.809. The van der Waals surface area contributed by atoms with Gasteiger partial charge in [-0.15, -0.1) is 10.2 Å². The van der Waals surface area contributed by atoms with Crippen molar-refractivity contribution in [1.29, 1.82) is 0 Å². The molecular formula is C12H15N5O3S. The van der Waals surface area contributed by atoms with Crippen LogP contribution >= 0.6 is 11.3 Å². The largest absolute Gasteiger partial charge is 0.481 e. The maximum atomic E-state index is 11.9. The molecule has 0 aliphatic carbocycles. The number of likely N-dealkylation sites (N-methyl/N-ethyl adjacent to an activating group) is 1. The van der Waals surface area contributed by atoms with E-state index in [0.29, 0.717) is 18.8 Å². The molecule has 112 valence electrons. The van der Waals surface area contributed by atoms with Crippen molar-refractivity contribution < 1.29 is 14.7 Å². The lowest BCUT2D eigenvalue weighted by Gasteiger charge is -2.15. The zero-order valence-corrected chi connectivity index (χ0v) is 12.3. The lowest BCUT2D eigenvalue weighted by Crippen LogP contribution is -2.32. The number of carbonyl (C=O) groups excluding carboxylic acids is 1. The van der Waals surface area contributed by atoms with Gasteiger partial charge in [-0.1, -0.05) is 0 Å². The second-order valence-electron chi connectivity index (χ2n) is 4.47. The number of carboxylic acid groups (broad SMARTS) is 1. The van der Waals surface area contributed by atoms with E-state index < -0.39 is 5.97 Å². The summed E-state index contributed by atoms with van der Waals surface area (Å²) in [7, 11) is 1.63. The van der Waals surface area contributed by atoms with E-state index in [0.717, 1.165) is 5.56 Å². The van der Waals surface area contributed by atoms with Crippen molar-refractivity contribution in [3.63, 3.8) is 0 Å². The standard InChI is InChI=1S/C12H15N5O3S/c1-16(5-2-3-11(19)20)10(18)7-17-14-12(13-15-17)9-4-6-21-8-9/h4,6,8H,2-3,5,7H2,1H3,(H,19,20). The zero-order valence-electron chi connectivity index (χ0n) is 11.5. The Labute approximate surface area is 125 Å². The van der Waals surface area contributed by atoms with Gasteiger partial charge in [-0.25, -0.2) is 0 Å². The average molecular weight is 309 g/mol. The van der Waals surface area contributed by atoms with Crippen LogP contribution in [0, 0.1) is 0 Å². The summed E-state index contributed by atoms with van der Waals surface area (Å²) in [6.45, 7) is 0.373. The summed E-state index contributed by atoms with van der Waals surface area (Å²) in [5, 5.41) is 24.3. The van der Waals surface area contributed by atoms with Crippen LogP contribution in [0.2, 0.25) is 0 Å². The molecule has 0 spiro atoms. The van der Waals surface area contributed by atoms with Gasteiger partial charge < -0.3 is 10.0 Å². The van der Waals surface area contributed by atoms with Crippen molar-refractivity contribution in [3.8, 4) is 11.4 Å². The van der Waals surface area contributed by atoms with Crippen molar-refractivity contribution in [3.05, 3.63) is 16.8 Å². The first-order chi connectivity index (χ1) is 10.1. The van der Waals surface area contributed by atoms with E-state index in [1.807, 2.05) is 16.8 Å². The molecule has 2 aromatic heterocycles. The van der Waals surface area contributed by atoms with Gasteiger partial charge in [0.2, 0.25) is 11.7 Å². The number of nitrogens with zero attached hydrogens (tertiary/aromatic N) is 5. The minimum Gasteiger partial charge on any atom is -0.481 e. The molecular weight excluding hydrogens is 294 g/mol. The van der Waals surface area contributed by atoms with Crippen LogP contribution in [0.15, 0.2) is 16.8 Å². The molecule has 0 aliphatic rings. The average Bonchev–Trinajstić information content (AvgIpc) is 3.07. The van der Waals surface area contributed by atoms with Gasteiger partial charge >= 0.3 is 5.97 Å². The number of hydrogen-bond acceptors (Lipinski definition) is 6. The first-order valence-electron chi connectivity index (χ1n) is 6.32. The Morgan fingerprint density at radius 1 is 1.48 bits per heavy atom. The van der Waals surface area contributed by atoms with Crippen LogP contribution in [0.25, 0.3) is 11.4 Å². The van der Waals surface area contributed by atoms with Crippen molar-refractivity contribution >= 4 is 23.2 Å². The second kappa shape index (κ2) is 6.93. The molecule has 2 aromatic rings. The van der Waals surface area contributed by atoms with Crippen LogP contribution in [-0.4, -0.2) is 55.7 Å². The third kappa shape index (κ3) is 4.35.